The van der Waals surface area contributed by atoms with Gasteiger partial charge in [-0.2, -0.15) is 0 Å². The van der Waals surface area contributed by atoms with Crippen LogP contribution in [0.5, 0.6) is 0 Å². The van der Waals surface area contributed by atoms with Crippen molar-refractivity contribution in [1.82, 2.24) is 24.7 Å². The maximum absolute atomic E-state index is 13.6. The molecule has 3 heterocycles. The fourth-order valence-corrected chi connectivity index (χ4v) is 4.68. The third-order valence-electron chi connectivity index (χ3n) is 6.60. The number of aromatic nitrogens is 2. The zero-order chi connectivity index (χ0) is 21.8. The van der Waals surface area contributed by atoms with E-state index < -0.39 is 5.54 Å². The van der Waals surface area contributed by atoms with E-state index >= 15 is 0 Å². The lowest BCUT2D eigenvalue weighted by Gasteiger charge is -2.42. The molecule has 1 spiro atoms. The molecule has 0 atom stereocenters. The molecule has 2 aliphatic heterocycles. The number of aromatic amines is 1. The minimum absolute atomic E-state index is 0.0554. The summed E-state index contributed by atoms with van der Waals surface area (Å²) in [4.78, 5) is 39.8. The highest BCUT2D eigenvalue weighted by Crippen LogP contribution is 2.37. The number of hydrogen-bond acceptors (Lipinski definition) is 5. The second-order valence-electron chi connectivity index (χ2n) is 8.40. The average molecular weight is 426 g/mol. The summed E-state index contributed by atoms with van der Waals surface area (Å²) in [6, 6.07) is 9.79. The van der Waals surface area contributed by atoms with E-state index in [0.717, 1.165) is 36.6 Å². The highest BCUT2D eigenvalue weighted by molar-refractivity contribution is 6.07. The zero-order valence-corrected chi connectivity index (χ0v) is 18.3. The van der Waals surface area contributed by atoms with E-state index in [-0.39, 0.29) is 11.9 Å². The molecule has 166 valence electrons. The Kier molecular flexibility index (Phi) is 6.38. The van der Waals surface area contributed by atoms with Crippen molar-refractivity contribution in [2.24, 2.45) is 0 Å². The van der Waals surface area contributed by atoms with Crippen molar-refractivity contribution in [2.75, 3.05) is 39.9 Å². The lowest BCUT2D eigenvalue weighted by Crippen LogP contribution is -2.57. The number of likely N-dealkylation sites (tertiary alicyclic amines) is 1. The molecule has 0 saturated carbocycles. The number of urea groups is 1. The number of rotatable bonds is 8. The molecule has 2 fully saturated rings. The summed E-state index contributed by atoms with van der Waals surface area (Å²) in [7, 11) is 1.62. The first kappa shape index (κ1) is 21.5. The normalized spacial score (nSPS) is 19.0. The highest BCUT2D eigenvalue weighted by atomic mass is 16.5. The average Bonchev–Trinajstić information content (AvgIpc) is 3.27. The molecule has 0 radical (unpaired) electrons. The van der Waals surface area contributed by atoms with Crippen molar-refractivity contribution in [3.05, 3.63) is 53.6 Å². The van der Waals surface area contributed by atoms with Crippen molar-refractivity contribution in [1.29, 1.82) is 0 Å². The second-order valence-corrected chi connectivity index (χ2v) is 8.40. The van der Waals surface area contributed by atoms with Gasteiger partial charge in [0.2, 0.25) is 0 Å². The molecule has 31 heavy (non-hydrogen) atoms. The van der Waals surface area contributed by atoms with Crippen LogP contribution in [0.3, 0.4) is 0 Å². The molecule has 4 rings (SSSR count). The number of aryl methyl sites for hydroxylation is 1. The van der Waals surface area contributed by atoms with Crippen LogP contribution in [0.4, 0.5) is 4.79 Å². The van der Waals surface area contributed by atoms with Crippen molar-refractivity contribution in [3.63, 3.8) is 0 Å². The van der Waals surface area contributed by atoms with E-state index in [1.165, 1.54) is 4.90 Å². The second kappa shape index (κ2) is 9.20. The van der Waals surface area contributed by atoms with Gasteiger partial charge in [0.25, 0.3) is 5.91 Å². The lowest BCUT2D eigenvalue weighted by molar-refractivity contribution is -0.135. The number of amides is 3. The van der Waals surface area contributed by atoms with E-state index in [0.29, 0.717) is 39.0 Å². The summed E-state index contributed by atoms with van der Waals surface area (Å²) in [5.41, 5.74) is 2.46. The first-order chi connectivity index (χ1) is 15.0. The molecule has 2 saturated heterocycles. The Bertz CT molecular complexity index is 905. The number of carbonyl (C=O) groups is 2. The van der Waals surface area contributed by atoms with Gasteiger partial charge in [-0.25, -0.2) is 9.78 Å². The fraction of sp³-hybridized carbons (Fsp3) is 0.522. The van der Waals surface area contributed by atoms with Gasteiger partial charge in [0.15, 0.2) is 0 Å². The summed E-state index contributed by atoms with van der Waals surface area (Å²) in [6.07, 6.45) is 3.64. The number of nitrogens with zero attached hydrogens (tertiary/aromatic N) is 4. The van der Waals surface area contributed by atoms with Crippen molar-refractivity contribution < 1.29 is 14.3 Å². The van der Waals surface area contributed by atoms with Gasteiger partial charge in [-0.3, -0.25) is 14.6 Å². The van der Waals surface area contributed by atoms with Crippen LogP contribution < -0.4 is 0 Å². The SMILES string of the molecule is COCCN1C(=O)N(CCc2ccccc2)C(=O)C12CCN(Cc1nc[nH]c1C)CC2. The van der Waals surface area contributed by atoms with E-state index in [1.54, 1.807) is 18.3 Å². The first-order valence-electron chi connectivity index (χ1n) is 10.9. The van der Waals surface area contributed by atoms with Gasteiger partial charge >= 0.3 is 6.03 Å². The van der Waals surface area contributed by atoms with Crippen molar-refractivity contribution in [2.45, 2.75) is 38.3 Å². The maximum atomic E-state index is 13.6. The predicted molar refractivity (Wildman–Crippen MR) is 116 cm³/mol. The Morgan fingerprint density at radius 1 is 1.13 bits per heavy atom. The van der Waals surface area contributed by atoms with E-state index in [2.05, 4.69) is 14.9 Å². The smallest absolute Gasteiger partial charge is 0.327 e. The van der Waals surface area contributed by atoms with Gasteiger partial charge in [0.05, 0.1) is 18.6 Å². The molecule has 2 aliphatic rings. The molecular weight excluding hydrogens is 394 g/mol. The quantitative estimate of drug-likeness (QED) is 0.656. The molecule has 2 aromatic rings. The number of H-pyrrole nitrogens is 1. The molecule has 8 heteroatoms. The number of imide groups is 1. The van der Waals surface area contributed by atoms with Crippen LogP contribution in [0.1, 0.15) is 29.8 Å². The van der Waals surface area contributed by atoms with Gasteiger partial charge in [0, 0.05) is 45.5 Å². The Morgan fingerprint density at radius 3 is 2.52 bits per heavy atom. The van der Waals surface area contributed by atoms with Crippen LogP contribution in [-0.4, -0.2) is 82.0 Å². The number of imidazole rings is 1. The third kappa shape index (κ3) is 4.22. The molecule has 0 bridgehead atoms. The number of carbonyl (C=O) groups excluding carboxylic acids is 2. The highest BCUT2D eigenvalue weighted by Gasteiger charge is 2.57. The molecule has 0 aliphatic carbocycles. The van der Waals surface area contributed by atoms with Crippen LogP contribution in [0.2, 0.25) is 0 Å². The Labute approximate surface area is 183 Å². The number of benzene rings is 1. The molecular formula is C23H31N5O3. The fourth-order valence-electron chi connectivity index (χ4n) is 4.68. The van der Waals surface area contributed by atoms with Gasteiger partial charge in [0.1, 0.15) is 5.54 Å². The Morgan fingerprint density at radius 2 is 1.87 bits per heavy atom. The maximum Gasteiger partial charge on any atom is 0.327 e. The molecule has 1 N–H and O–H groups in total. The van der Waals surface area contributed by atoms with Crippen molar-refractivity contribution >= 4 is 11.9 Å². The van der Waals surface area contributed by atoms with E-state index in [4.69, 9.17) is 4.74 Å². The van der Waals surface area contributed by atoms with Crippen LogP contribution in [-0.2, 0) is 22.5 Å². The van der Waals surface area contributed by atoms with Crippen LogP contribution in [0.25, 0.3) is 0 Å². The molecule has 1 aromatic heterocycles. The monoisotopic (exact) mass is 425 g/mol. The van der Waals surface area contributed by atoms with Gasteiger partial charge in [-0.15, -0.1) is 0 Å². The number of methoxy groups -OCH3 is 1. The summed E-state index contributed by atoms with van der Waals surface area (Å²) in [5.74, 6) is -0.0554. The summed E-state index contributed by atoms with van der Waals surface area (Å²) < 4.78 is 5.24. The van der Waals surface area contributed by atoms with Crippen LogP contribution >= 0.6 is 0 Å². The summed E-state index contributed by atoms with van der Waals surface area (Å²) in [6.45, 7) is 5.53. The summed E-state index contributed by atoms with van der Waals surface area (Å²) >= 11 is 0. The third-order valence-corrected chi connectivity index (χ3v) is 6.60. The number of piperidine rings is 1. The molecule has 0 unspecified atom stereocenters. The number of nitrogens with one attached hydrogen (secondary N) is 1. The minimum Gasteiger partial charge on any atom is -0.383 e. The van der Waals surface area contributed by atoms with E-state index in [9.17, 15) is 9.59 Å². The number of ether oxygens (including phenoxy) is 1. The number of hydrogen-bond donors (Lipinski definition) is 1. The molecule has 1 aromatic carbocycles. The summed E-state index contributed by atoms with van der Waals surface area (Å²) in [5, 5.41) is 0. The van der Waals surface area contributed by atoms with Gasteiger partial charge in [-0.05, 0) is 31.7 Å². The Hall–Kier alpha value is -2.71. The predicted octanol–water partition coefficient (Wildman–Crippen LogP) is 2.21. The largest absolute Gasteiger partial charge is 0.383 e. The van der Waals surface area contributed by atoms with Crippen LogP contribution in [0.15, 0.2) is 36.7 Å². The standard InChI is InChI=1S/C23H31N5O3/c1-18-20(25-17-24-18)16-26-12-9-23(10-13-26)21(29)27(22(30)28(23)14-15-31-2)11-8-19-6-4-3-5-7-19/h3-7,17H,8-16H2,1-2H3,(H,24,25). The zero-order valence-electron chi connectivity index (χ0n) is 18.3. The minimum atomic E-state index is -0.760. The first-order valence-corrected chi connectivity index (χ1v) is 10.9. The lowest BCUT2D eigenvalue weighted by atomic mass is 9.85. The van der Waals surface area contributed by atoms with Gasteiger partial charge < -0.3 is 14.6 Å². The Balaban J connectivity index is 1.47. The topological polar surface area (TPSA) is 81.8 Å². The van der Waals surface area contributed by atoms with E-state index in [1.807, 2.05) is 37.3 Å². The molecule has 8 nitrogen and oxygen atoms in total. The van der Waals surface area contributed by atoms with Gasteiger partial charge in [-0.1, -0.05) is 30.3 Å². The van der Waals surface area contributed by atoms with Crippen LogP contribution in [0, 0.1) is 6.92 Å². The molecule has 3 amide bonds. The van der Waals surface area contributed by atoms with Crippen molar-refractivity contribution in [3.8, 4) is 0 Å².